The number of nitrogens with zero attached hydrogens (tertiary/aromatic N) is 1. The second-order valence-electron chi connectivity index (χ2n) is 5.87. The molecule has 5 heteroatoms. The van der Waals surface area contributed by atoms with E-state index in [0.717, 1.165) is 24.4 Å². The van der Waals surface area contributed by atoms with E-state index in [1.165, 1.54) is 11.3 Å². The van der Waals surface area contributed by atoms with Gasteiger partial charge in [-0.05, 0) is 30.7 Å². The molecule has 1 fully saturated rings. The van der Waals surface area contributed by atoms with E-state index in [-0.39, 0.29) is 11.9 Å². The average Bonchev–Trinajstić information content (AvgIpc) is 2.87. The third-order valence-corrected chi connectivity index (χ3v) is 4.54. The number of methoxy groups -OCH3 is 1. The summed E-state index contributed by atoms with van der Waals surface area (Å²) in [5.41, 5.74) is 0. The SMILES string of the molecule is COc1ccsc1C(=O)N1CC(C)NCC1CC(C)C. The van der Waals surface area contributed by atoms with E-state index in [1.54, 1.807) is 7.11 Å². The highest BCUT2D eigenvalue weighted by Gasteiger charge is 2.32. The maximum Gasteiger partial charge on any atom is 0.268 e. The van der Waals surface area contributed by atoms with Crippen LogP contribution in [-0.4, -0.2) is 43.1 Å². The van der Waals surface area contributed by atoms with Crippen molar-refractivity contribution in [2.24, 2.45) is 5.92 Å². The fraction of sp³-hybridized carbons (Fsp3) is 0.667. The van der Waals surface area contributed by atoms with Gasteiger partial charge in [-0.25, -0.2) is 0 Å². The van der Waals surface area contributed by atoms with Gasteiger partial charge >= 0.3 is 0 Å². The Balaban J connectivity index is 2.19. The second kappa shape index (κ2) is 6.59. The summed E-state index contributed by atoms with van der Waals surface area (Å²) in [6.45, 7) is 8.16. The quantitative estimate of drug-likeness (QED) is 0.928. The van der Waals surface area contributed by atoms with Crippen molar-refractivity contribution >= 4 is 17.2 Å². The highest BCUT2D eigenvalue weighted by atomic mass is 32.1. The Hall–Kier alpha value is -1.07. The molecule has 2 rings (SSSR count). The summed E-state index contributed by atoms with van der Waals surface area (Å²) in [6.07, 6.45) is 1.03. The molecule has 1 amide bonds. The Bertz CT molecular complexity index is 458. The summed E-state index contributed by atoms with van der Waals surface area (Å²) in [4.78, 5) is 15.5. The van der Waals surface area contributed by atoms with E-state index < -0.39 is 0 Å². The van der Waals surface area contributed by atoms with Crippen molar-refractivity contribution in [2.45, 2.75) is 39.3 Å². The van der Waals surface area contributed by atoms with E-state index in [4.69, 9.17) is 4.74 Å². The lowest BCUT2D eigenvalue weighted by Crippen LogP contribution is -2.57. The molecular weight excluding hydrogens is 272 g/mol. The van der Waals surface area contributed by atoms with Crippen molar-refractivity contribution in [1.29, 1.82) is 0 Å². The number of nitrogens with one attached hydrogen (secondary N) is 1. The van der Waals surface area contributed by atoms with Crippen LogP contribution < -0.4 is 10.1 Å². The predicted molar refractivity (Wildman–Crippen MR) is 82.6 cm³/mol. The first-order valence-corrected chi connectivity index (χ1v) is 8.06. The number of carbonyl (C=O) groups excluding carboxylic acids is 1. The number of hydrogen-bond donors (Lipinski definition) is 1. The van der Waals surface area contributed by atoms with Crippen LogP contribution in [-0.2, 0) is 0 Å². The molecule has 4 nitrogen and oxygen atoms in total. The summed E-state index contributed by atoms with van der Waals surface area (Å²) in [7, 11) is 1.62. The van der Waals surface area contributed by atoms with Crippen LogP contribution in [0.25, 0.3) is 0 Å². The van der Waals surface area contributed by atoms with Crippen LogP contribution in [0.15, 0.2) is 11.4 Å². The Morgan fingerprint density at radius 2 is 2.35 bits per heavy atom. The van der Waals surface area contributed by atoms with Gasteiger partial charge < -0.3 is 15.0 Å². The van der Waals surface area contributed by atoms with Gasteiger partial charge in [0, 0.05) is 25.2 Å². The summed E-state index contributed by atoms with van der Waals surface area (Å²) in [5, 5.41) is 5.39. The summed E-state index contributed by atoms with van der Waals surface area (Å²) in [5.74, 6) is 1.38. The zero-order valence-corrected chi connectivity index (χ0v) is 13.5. The molecule has 1 saturated heterocycles. The molecule has 2 heterocycles. The second-order valence-corrected chi connectivity index (χ2v) is 6.78. The van der Waals surface area contributed by atoms with E-state index in [2.05, 4.69) is 26.1 Å². The standard InChI is InChI=1S/C15H24N2O2S/c1-10(2)7-12-8-16-11(3)9-17(12)15(18)14-13(19-4)5-6-20-14/h5-6,10-12,16H,7-9H2,1-4H3. The van der Waals surface area contributed by atoms with Gasteiger partial charge in [0.2, 0.25) is 0 Å². The number of ether oxygens (including phenoxy) is 1. The third kappa shape index (κ3) is 3.33. The van der Waals surface area contributed by atoms with Crippen LogP contribution in [0.1, 0.15) is 36.9 Å². The molecule has 2 unspecified atom stereocenters. The van der Waals surface area contributed by atoms with Gasteiger partial charge in [0.1, 0.15) is 10.6 Å². The van der Waals surface area contributed by atoms with Gasteiger partial charge in [-0.1, -0.05) is 13.8 Å². The van der Waals surface area contributed by atoms with Crippen LogP contribution in [0.4, 0.5) is 0 Å². The molecule has 1 aromatic rings. The van der Waals surface area contributed by atoms with Crippen molar-refractivity contribution in [3.05, 3.63) is 16.3 Å². The topological polar surface area (TPSA) is 41.6 Å². The molecule has 0 spiro atoms. The minimum atomic E-state index is 0.107. The molecule has 1 aliphatic rings. The number of hydrogen-bond acceptors (Lipinski definition) is 4. The zero-order valence-electron chi connectivity index (χ0n) is 12.7. The first-order valence-electron chi connectivity index (χ1n) is 7.18. The number of piperazine rings is 1. The third-order valence-electron chi connectivity index (χ3n) is 3.66. The minimum Gasteiger partial charge on any atom is -0.495 e. The van der Waals surface area contributed by atoms with Gasteiger partial charge in [0.05, 0.1) is 7.11 Å². The molecule has 1 aromatic heterocycles. The number of rotatable bonds is 4. The van der Waals surface area contributed by atoms with Gasteiger partial charge in [-0.15, -0.1) is 11.3 Å². The van der Waals surface area contributed by atoms with Crippen LogP contribution >= 0.6 is 11.3 Å². The maximum absolute atomic E-state index is 12.8. The van der Waals surface area contributed by atoms with Crippen molar-refractivity contribution in [3.8, 4) is 5.75 Å². The molecule has 112 valence electrons. The maximum atomic E-state index is 12.8. The Morgan fingerprint density at radius 1 is 1.60 bits per heavy atom. The number of thiophene rings is 1. The molecule has 0 saturated carbocycles. The van der Waals surface area contributed by atoms with E-state index in [1.807, 2.05) is 16.3 Å². The number of amides is 1. The lowest BCUT2D eigenvalue weighted by Gasteiger charge is -2.40. The van der Waals surface area contributed by atoms with Crippen molar-refractivity contribution in [2.75, 3.05) is 20.2 Å². The van der Waals surface area contributed by atoms with Gasteiger partial charge in [0.15, 0.2) is 0 Å². The Labute approximate surface area is 125 Å². The average molecular weight is 296 g/mol. The molecule has 1 aliphatic heterocycles. The Kier molecular flexibility index (Phi) is 5.05. The van der Waals surface area contributed by atoms with Gasteiger partial charge in [-0.3, -0.25) is 4.79 Å². The lowest BCUT2D eigenvalue weighted by atomic mass is 9.99. The van der Waals surface area contributed by atoms with E-state index in [0.29, 0.717) is 17.7 Å². The van der Waals surface area contributed by atoms with Crippen molar-refractivity contribution in [1.82, 2.24) is 10.2 Å². The van der Waals surface area contributed by atoms with Crippen LogP contribution in [0.3, 0.4) is 0 Å². The highest BCUT2D eigenvalue weighted by molar-refractivity contribution is 7.12. The molecule has 20 heavy (non-hydrogen) atoms. The summed E-state index contributed by atoms with van der Waals surface area (Å²) in [6, 6.07) is 2.47. The first kappa shape index (κ1) is 15.3. The molecule has 0 aromatic carbocycles. The molecule has 0 aliphatic carbocycles. The molecule has 2 atom stereocenters. The fourth-order valence-electron chi connectivity index (χ4n) is 2.70. The first-order chi connectivity index (χ1) is 9.52. The Morgan fingerprint density at radius 3 is 3.00 bits per heavy atom. The van der Waals surface area contributed by atoms with Gasteiger partial charge in [0.25, 0.3) is 5.91 Å². The molecular formula is C15H24N2O2S. The van der Waals surface area contributed by atoms with E-state index >= 15 is 0 Å². The molecule has 1 N–H and O–H groups in total. The normalized spacial score (nSPS) is 23.1. The minimum absolute atomic E-state index is 0.107. The van der Waals surface area contributed by atoms with Crippen LogP contribution in [0, 0.1) is 5.92 Å². The van der Waals surface area contributed by atoms with Gasteiger partial charge in [-0.2, -0.15) is 0 Å². The smallest absolute Gasteiger partial charge is 0.268 e. The summed E-state index contributed by atoms with van der Waals surface area (Å²) >= 11 is 1.46. The van der Waals surface area contributed by atoms with Crippen LogP contribution in [0.5, 0.6) is 5.75 Å². The lowest BCUT2D eigenvalue weighted by molar-refractivity contribution is 0.0565. The highest BCUT2D eigenvalue weighted by Crippen LogP contribution is 2.28. The zero-order chi connectivity index (χ0) is 14.7. The molecule has 0 radical (unpaired) electrons. The predicted octanol–water partition coefficient (Wildman–Crippen LogP) is 2.61. The summed E-state index contributed by atoms with van der Waals surface area (Å²) < 4.78 is 5.29. The van der Waals surface area contributed by atoms with Crippen molar-refractivity contribution in [3.63, 3.8) is 0 Å². The van der Waals surface area contributed by atoms with Crippen LogP contribution in [0.2, 0.25) is 0 Å². The number of carbonyl (C=O) groups is 1. The molecule has 0 bridgehead atoms. The monoisotopic (exact) mass is 296 g/mol. The van der Waals surface area contributed by atoms with Crippen molar-refractivity contribution < 1.29 is 9.53 Å². The largest absolute Gasteiger partial charge is 0.495 e. The van der Waals surface area contributed by atoms with E-state index in [9.17, 15) is 4.79 Å². The fourth-order valence-corrected chi connectivity index (χ4v) is 3.52.